The first-order valence-electron chi connectivity index (χ1n) is 19.7. The van der Waals surface area contributed by atoms with Crippen molar-refractivity contribution >= 4 is 11.9 Å². The number of hydrogen-bond acceptors (Lipinski definition) is 6. The van der Waals surface area contributed by atoms with Crippen LogP contribution >= 0.6 is 0 Å². The van der Waals surface area contributed by atoms with Crippen LogP contribution in [0.4, 0.5) is 0 Å². The van der Waals surface area contributed by atoms with Gasteiger partial charge < -0.3 is 19.3 Å². The minimum atomic E-state index is -0.987. The summed E-state index contributed by atoms with van der Waals surface area (Å²) in [6, 6.07) is 0. The van der Waals surface area contributed by atoms with Crippen molar-refractivity contribution < 1.29 is 28.9 Å². The van der Waals surface area contributed by atoms with Crippen molar-refractivity contribution in [1.29, 1.82) is 0 Å². The summed E-state index contributed by atoms with van der Waals surface area (Å²) in [7, 11) is 0. The highest BCUT2D eigenvalue weighted by Gasteiger charge is 2.35. The Kier molecular flexibility index (Phi) is 29.9. The number of epoxide rings is 1. The number of unbranched alkanes of at least 4 members (excludes halogenated alkanes) is 18. The van der Waals surface area contributed by atoms with E-state index in [1.54, 1.807) is 0 Å². The molecule has 6 heteroatoms. The number of rotatable bonds is 34. The molecule has 0 saturated carbocycles. The Hall–Kier alpha value is -1.92. The van der Waals surface area contributed by atoms with Crippen LogP contribution in [0.1, 0.15) is 181 Å². The lowest BCUT2D eigenvalue weighted by Gasteiger charge is -2.12. The molecule has 272 valence electrons. The standard InChI is InChI=1S/C41H72O6/c1-3-5-7-9-11-12-13-14-15-16-17-18-21-25-29-33-40(43)45-35-37(42)36-46-41(44)34-30-26-22-19-20-24-28-32-39-38(47-39)31-27-23-10-8-6-4-2/h19,22-24,27-28,37-39,42H,3-18,20-21,25-26,29-36H2,1-2H3/b22-19-,27-23-,28-24-/t37-,38?,39?/m1/s1. The fourth-order valence-electron chi connectivity index (χ4n) is 5.65. The topological polar surface area (TPSA) is 85.4 Å². The third-order valence-electron chi connectivity index (χ3n) is 8.78. The second kappa shape index (κ2) is 32.6. The maximum Gasteiger partial charge on any atom is 0.305 e. The highest BCUT2D eigenvalue weighted by atomic mass is 16.6. The van der Waals surface area contributed by atoms with Crippen LogP contribution in [0, 0.1) is 0 Å². The van der Waals surface area contributed by atoms with E-state index >= 15 is 0 Å². The van der Waals surface area contributed by atoms with Crippen LogP contribution in [-0.4, -0.2) is 48.6 Å². The second-order valence-corrected chi connectivity index (χ2v) is 13.4. The summed E-state index contributed by atoms with van der Waals surface area (Å²) in [5.41, 5.74) is 0. The lowest BCUT2D eigenvalue weighted by Crippen LogP contribution is -2.25. The van der Waals surface area contributed by atoms with Gasteiger partial charge in [-0.2, -0.15) is 0 Å². The monoisotopic (exact) mass is 661 g/mol. The van der Waals surface area contributed by atoms with Crippen molar-refractivity contribution in [1.82, 2.24) is 0 Å². The van der Waals surface area contributed by atoms with Crippen LogP contribution in [0.2, 0.25) is 0 Å². The Labute approximate surface area is 289 Å². The molecule has 0 spiro atoms. The van der Waals surface area contributed by atoms with Gasteiger partial charge in [-0.1, -0.05) is 153 Å². The molecular formula is C41H72O6. The van der Waals surface area contributed by atoms with Crippen molar-refractivity contribution in [2.75, 3.05) is 13.2 Å². The summed E-state index contributed by atoms with van der Waals surface area (Å²) >= 11 is 0. The first kappa shape index (κ1) is 43.1. The third-order valence-corrected chi connectivity index (χ3v) is 8.78. The molecule has 1 aliphatic rings. The van der Waals surface area contributed by atoms with E-state index in [-0.39, 0.29) is 25.2 Å². The summed E-state index contributed by atoms with van der Waals surface area (Å²) in [5, 5.41) is 10.0. The largest absolute Gasteiger partial charge is 0.463 e. The Morgan fingerprint density at radius 2 is 0.957 bits per heavy atom. The fraction of sp³-hybridized carbons (Fsp3) is 0.805. The third kappa shape index (κ3) is 29.9. The molecule has 1 aliphatic heterocycles. The molecule has 0 aromatic rings. The zero-order chi connectivity index (χ0) is 34.0. The van der Waals surface area contributed by atoms with Gasteiger partial charge in [0.1, 0.15) is 19.3 Å². The molecule has 0 aliphatic carbocycles. The van der Waals surface area contributed by atoms with E-state index < -0.39 is 6.10 Å². The summed E-state index contributed by atoms with van der Waals surface area (Å²) in [5.74, 6) is -0.631. The SMILES string of the molecule is CCCCC/C=C\CC1OC1C/C=C\C/C=C\CCCC(=O)OC[C@H](O)COC(=O)CCCCCCCCCCCCCCCCC. The van der Waals surface area contributed by atoms with Crippen LogP contribution in [0.3, 0.4) is 0 Å². The predicted molar refractivity (Wildman–Crippen MR) is 195 cm³/mol. The molecule has 1 N–H and O–H groups in total. The number of aliphatic hydroxyl groups excluding tert-OH is 1. The van der Waals surface area contributed by atoms with Gasteiger partial charge in [-0.05, 0) is 51.4 Å². The van der Waals surface area contributed by atoms with Crippen LogP contribution in [0.25, 0.3) is 0 Å². The lowest BCUT2D eigenvalue weighted by molar-refractivity contribution is -0.152. The first-order valence-corrected chi connectivity index (χ1v) is 19.7. The van der Waals surface area contributed by atoms with E-state index in [1.165, 1.54) is 103 Å². The Balaban J connectivity index is 1.86. The number of carbonyl (C=O) groups is 2. The summed E-state index contributed by atoms with van der Waals surface area (Å²) in [6.45, 7) is 4.22. The van der Waals surface area contributed by atoms with Crippen LogP contribution in [0.15, 0.2) is 36.5 Å². The zero-order valence-electron chi connectivity index (χ0n) is 30.5. The number of carbonyl (C=O) groups excluding carboxylic acids is 2. The minimum Gasteiger partial charge on any atom is -0.463 e. The maximum atomic E-state index is 12.0. The van der Waals surface area contributed by atoms with E-state index in [0.29, 0.717) is 31.5 Å². The molecule has 2 unspecified atom stereocenters. The summed E-state index contributed by atoms with van der Waals surface area (Å²) in [6.07, 6.45) is 42.3. The molecule has 1 saturated heterocycles. The molecule has 3 atom stereocenters. The number of allylic oxidation sites excluding steroid dienone is 4. The normalized spacial score (nSPS) is 16.8. The van der Waals surface area contributed by atoms with Gasteiger partial charge in [-0.15, -0.1) is 0 Å². The molecule has 0 bridgehead atoms. The zero-order valence-corrected chi connectivity index (χ0v) is 30.5. The molecule has 1 rings (SSSR count). The quantitative estimate of drug-likeness (QED) is 0.0320. The van der Waals surface area contributed by atoms with E-state index in [0.717, 1.165) is 44.9 Å². The summed E-state index contributed by atoms with van der Waals surface area (Å²) < 4.78 is 16.0. The van der Waals surface area contributed by atoms with E-state index in [1.807, 2.05) is 0 Å². The highest BCUT2D eigenvalue weighted by Crippen LogP contribution is 2.29. The first-order chi connectivity index (χ1) is 23.1. The Morgan fingerprint density at radius 3 is 1.51 bits per heavy atom. The minimum absolute atomic E-state index is 0.134. The highest BCUT2D eigenvalue weighted by molar-refractivity contribution is 5.69. The molecule has 1 fully saturated rings. The Bertz CT molecular complexity index is 819. The summed E-state index contributed by atoms with van der Waals surface area (Å²) in [4.78, 5) is 23.9. The van der Waals surface area contributed by atoms with E-state index in [2.05, 4.69) is 50.3 Å². The van der Waals surface area contributed by atoms with Crippen molar-refractivity contribution in [3.05, 3.63) is 36.5 Å². The molecule has 6 nitrogen and oxygen atoms in total. The van der Waals surface area contributed by atoms with Gasteiger partial charge in [0.05, 0.1) is 12.2 Å². The number of hydrogen-bond donors (Lipinski definition) is 1. The average molecular weight is 661 g/mol. The molecule has 0 radical (unpaired) electrons. The number of ether oxygens (including phenoxy) is 3. The lowest BCUT2D eigenvalue weighted by atomic mass is 10.0. The maximum absolute atomic E-state index is 12.0. The van der Waals surface area contributed by atoms with Crippen molar-refractivity contribution in [3.63, 3.8) is 0 Å². The smallest absolute Gasteiger partial charge is 0.305 e. The molecular weight excluding hydrogens is 588 g/mol. The fourth-order valence-corrected chi connectivity index (χ4v) is 5.65. The molecule has 47 heavy (non-hydrogen) atoms. The average Bonchev–Trinajstić information content (AvgIpc) is 3.83. The van der Waals surface area contributed by atoms with Crippen LogP contribution in [0.5, 0.6) is 0 Å². The van der Waals surface area contributed by atoms with Crippen LogP contribution in [-0.2, 0) is 23.8 Å². The van der Waals surface area contributed by atoms with Gasteiger partial charge in [0.2, 0.25) is 0 Å². The second-order valence-electron chi connectivity index (χ2n) is 13.4. The van der Waals surface area contributed by atoms with E-state index in [9.17, 15) is 14.7 Å². The van der Waals surface area contributed by atoms with Crippen molar-refractivity contribution in [2.45, 2.75) is 199 Å². The predicted octanol–water partition coefficient (Wildman–Crippen LogP) is 11.1. The molecule has 1 heterocycles. The van der Waals surface area contributed by atoms with Gasteiger partial charge >= 0.3 is 11.9 Å². The van der Waals surface area contributed by atoms with Crippen molar-refractivity contribution in [3.8, 4) is 0 Å². The van der Waals surface area contributed by atoms with Gasteiger partial charge in [0.15, 0.2) is 0 Å². The van der Waals surface area contributed by atoms with Gasteiger partial charge in [0, 0.05) is 12.8 Å². The number of aliphatic hydroxyl groups is 1. The van der Waals surface area contributed by atoms with Crippen molar-refractivity contribution in [2.24, 2.45) is 0 Å². The Morgan fingerprint density at radius 1 is 0.553 bits per heavy atom. The van der Waals surface area contributed by atoms with E-state index in [4.69, 9.17) is 14.2 Å². The van der Waals surface area contributed by atoms with Crippen LogP contribution < -0.4 is 0 Å². The number of esters is 2. The van der Waals surface area contributed by atoms with Gasteiger partial charge in [-0.3, -0.25) is 9.59 Å². The molecule has 0 amide bonds. The van der Waals surface area contributed by atoms with Gasteiger partial charge in [-0.25, -0.2) is 0 Å². The molecule has 0 aromatic carbocycles. The van der Waals surface area contributed by atoms with Gasteiger partial charge in [0.25, 0.3) is 0 Å². The molecule has 0 aromatic heterocycles.